The van der Waals surface area contributed by atoms with E-state index < -0.39 is 10.5 Å². The van der Waals surface area contributed by atoms with E-state index in [2.05, 4.69) is 22.0 Å². The van der Waals surface area contributed by atoms with Crippen LogP contribution in [0.15, 0.2) is 71.5 Å². The number of fused-ring (bicyclic) bond motifs is 1. The molecular weight excluding hydrogens is 472 g/mol. The van der Waals surface area contributed by atoms with Crippen molar-refractivity contribution < 1.29 is 18.9 Å². The predicted octanol–water partition coefficient (Wildman–Crippen LogP) is 6.13. The van der Waals surface area contributed by atoms with Gasteiger partial charge in [-0.2, -0.15) is 0 Å². The molecule has 1 aliphatic heterocycles. The van der Waals surface area contributed by atoms with Crippen molar-refractivity contribution in [1.29, 1.82) is 0 Å². The van der Waals surface area contributed by atoms with Crippen LogP contribution in [0.2, 0.25) is 0 Å². The molecule has 2 aromatic carbocycles. The molecule has 0 atom stereocenters. The molecule has 0 radical (unpaired) electrons. The Kier molecular flexibility index (Phi) is 6.29. The Morgan fingerprint density at radius 3 is 2.41 bits per heavy atom. The lowest BCUT2D eigenvalue weighted by atomic mass is 10.0. The largest absolute Gasteiger partial charge is 0.462 e. The normalized spacial score (nSPS) is 14.1. The molecule has 3 heterocycles. The molecule has 0 N–H and O–H groups in total. The van der Waals surface area contributed by atoms with Gasteiger partial charge in [-0.15, -0.1) is 0 Å². The lowest BCUT2D eigenvalue weighted by molar-refractivity contribution is -0.384. The highest BCUT2D eigenvalue weighted by atomic mass is 16.6. The number of ether oxygens (including phenoxy) is 1. The fraction of sp³-hybridized carbons (Fsp3) is 0.286. The molecule has 0 unspecified atom stereocenters. The Labute approximate surface area is 214 Å². The van der Waals surface area contributed by atoms with E-state index in [4.69, 9.17) is 9.15 Å². The minimum Gasteiger partial charge on any atom is -0.462 e. The summed E-state index contributed by atoms with van der Waals surface area (Å²) in [5.74, 6) is 0. The van der Waals surface area contributed by atoms with Crippen LogP contribution in [0.5, 0.6) is 0 Å². The summed E-state index contributed by atoms with van der Waals surface area (Å²) in [6.07, 6.45) is 3.10. The van der Waals surface area contributed by atoms with Crippen molar-refractivity contribution in [3.63, 3.8) is 0 Å². The Hall–Kier alpha value is -4.40. The van der Waals surface area contributed by atoms with E-state index >= 15 is 0 Å². The first kappa shape index (κ1) is 24.3. The highest BCUT2D eigenvalue weighted by molar-refractivity contribution is 5.93. The number of amides is 1. The van der Waals surface area contributed by atoms with Crippen LogP contribution in [0.4, 0.5) is 16.2 Å². The molecule has 190 valence electrons. The summed E-state index contributed by atoms with van der Waals surface area (Å²) in [5, 5.41) is 11.1. The number of nitro groups is 1. The molecule has 1 amide bonds. The molecular formula is C28H28N4O5. The van der Waals surface area contributed by atoms with Gasteiger partial charge in [0.2, 0.25) is 0 Å². The van der Waals surface area contributed by atoms with E-state index in [0.29, 0.717) is 35.3 Å². The minimum absolute atomic E-state index is 0.0230. The van der Waals surface area contributed by atoms with E-state index in [0.717, 1.165) is 29.9 Å². The van der Waals surface area contributed by atoms with Gasteiger partial charge in [0.05, 0.1) is 4.92 Å². The third-order valence-corrected chi connectivity index (χ3v) is 6.28. The van der Waals surface area contributed by atoms with Crippen LogP contribution in [-0.2, 0) is 4.74 Å². The van der Waals surface area contributed by atoms with Gasteiger partial charge in [0, 0.05) is 61.3 Å². The van der Waals surface area contributed by atoms with Gasteiger partial charge in [-0.25, -0.2) is 4.79 Å². The van der Waals surface area contributed by atoms with Crippen molar-refractivity contribution in [3.8, 4) is 22.3 Å². The number of nitro benzene ring substituents is 1. The number of carbonyl (C=O) groups excluding carboxylic acids is 1. The van der Waals surface area contributed by atoms with Crippen molar-refractivity contribution in [3.05, 3.63) is 77.2 Å². The molecule has 0 aliphatic carbocycles. The zero-order valence-electron chi connectivity index (χ0n) is 21.0. The van der Waals surface area contributed by atoms with Gasteiger partial charge in [0.25, 0.3) is 5.69 Å². The molecule has 1 fully saturated rings. The predicted molar refractivity (Wildman–Crippen MR) is 142 cm³/mol. The van der Waals surface area contributed by atoms with Gasteiger partial charge in [-0.05, 0) is 50.1 Å². The second-order valence-electron chi connectivity index (χ2n) is 10.0. The molecule has 2 aromatic heterocycles. The molecule has 9 nitrogen and oxygen atoms in total. The summed E-state index contributed by atoms with van der Waals surface area (Å²) in [6.45, 7) is 8.32. The summed E-state index contributed by atoms with van der Waals surface area (Å²) >= 11 is 0. The van der Waals surface area contributed by atoms with Gasteiger partial charge >= 0.3 is 6.09 Å². The van der Waals surface area contributed by atoms with Crippen LogP contribution < -0.4 is 4.90 Å². The Morgan fingerprint density at radius 1 is 1.00 bits per heavy atom. The first-order valence-corrected chi connectivity index (χ1v) is 12.1. The van der Waals surface area contributed by atoms with E-state index in [1.807, 2.05) is 39.0 Å². The SMILES string of the molecule is CC(C)(C)OC(=O)N1CCN(c2ccc(-c3cnc4c(-c5cccc([N+](=O)[O-])c5)coc4c3)cc2)CC1. The third kappa shape index (κ3) is 5.25. The second-order valence-corrected chi connectivity index (χ2v) is 10.0. The number of aromatic nitrogens is 1. The van der Waals surface area contributed by atoms with Crippen LogP contribution in [0.3, 0.4) is 0 Å². The molecule has 37 heavy (non-hydrogen) atoms. The van der Waals surface area contributed by atoms with E-state index in [-0.39, 0.29) is 11.8 Å². The number of furan rings is 1. The summed E-state index contributed by atoms with van der Waals surface area (Å²) in [4.78, 5) is 31.7. The molecule has 9 heteroatoms. The van der Waals surface area contributed by atoms with Gasteiger partial charge in [0.1, 0.15) is 17.4 Å². The van der Waals surface area contributed by atoms with Gasteiger partial charge in [0.15, 0.2) is 5.58 Å². The Balaban J connectivity index is 1.29. The average Bonchev–Trinajstić information content (AvgIpc) is 3.31. The van der Waals surface area contributed by atoms with Crippen LogP contribution in [0.25, 0.3) is 33.4 Å². The summed E-state index contributed by atoms with van der Waals surface area (Å²) in [5.41, 5.74) is 5.19. The molecule has 1 aliphatic rings. The number of anilines is 1. The van der Waals surface area contributed by atoms with Crippen molar-refractivity contribution in [2.75, 3.05) is 31.1 Å². The third-order valence-electron chi connectivity index (χ3n) is 6.28. The highest BCUT2D eigenvalue weighted by Gasteiger charge is 2.26. The second kappa shape index (κ2) is 9.57. The maximum atomic E-state index is 12.3. The number of benzene rings is 2. The molecule has 5 rings (SSSR count). The topological polar surface area (TPSA) is 102 Å². The van der Waals surface area contributed by atoms with Crippen LogP contribution in [-0.4, -0.2) is 52.7 Å². The maximum Gasteiger partial charge on any atom is 0.410 e. The van der Waals surface area contributed by atoms with Crippen molar-refractivity contribution in [2.45, 2.75) is 26.4 Å². The molecule has 0 saturated carbocycles. The number of rotatable bonds is 4. The lowest BCUT2D eigenvalue weighted by Gasteiger charge is -2.36. The van der Waals surface area contributed by atoms with Crippen LogP contribution in [0, 0.1) is 10.1 Å². The van der Waals surface area contributed by atoms with E-state index in [1.165, 1.54) is 12.1 Å². The van der Waals surface area contributed by atoms with Crippen molar-refractivity contribution in [1.82, 2.24) is 9.88 Å². The van der Waals surface area contributed by atoms with Crippen LogP contribution >= 0.6 is 0 Å². The summed E-state index contributed by atoms with van der Waals surface area (Å²) in [6, 6.07) is 16.6. The number of carbonyl (C=O) groups is 1. The monoisotopic (exact) mass is 500 g/mol. The quantitative estimate of drug-likeness (QED) is 0.245. The van der Waals surface area contributed by atoms with E-state index in [1.54, 1.807) is 29.5 Å². The first-order valence-electron chi connectivity index (χ1n) is 12.1. The van der Waals surface area contributed by atoms with Crippen LogP contribution in [0.1, 0.15) is 20.8 Å². The number of nitrogens with zero attached hydrogens (tertiary/aromatic N) is 4. The number of pyridine rings is 1. The fourth-order valence-electron chi connectivity index (χ4n) is 4.40. The number of hydrogen-bond acceptors (Lipinski definition) is 7. The van der Waals surface area contributed by atoms with Crippen molar-refractivity contribution in [2.24, 2.45) is 0 Å². The van der Waals surface area contributed by atoms with E-state index in [9.17, 15) is 14.9 Å². The Bertz CT molecular complexity index is 1450. The highest BCUT2D eigenvalue weighted by Crippen LogP contribution is 2.33. The van der Waals surface area contributed by atoms with Gasteiger partial charge in [-0.3, -0.25) is 15.1 Å². The fourth-order valence-corrected chi connectivity index (χ4v) is 4.40. The number of piperazine rings is 1. The summed E-state index contributed by atoms with van der Waals surface area (Å²) < 4.78 is 11.2. The number of hydrogen-bond donors (Lipinski definition) is 0. The van der Waals surface area contributed by atoms with Crippen molar-refractivity contribution >= 4 is 28.6 Å². The smallest absolute Gasteiger partial charge is 0.410 e. The zero-order valence-corrected chi connectivity index (χ0v) is 21.0. The zero-order chi connectivity index (χ0) is 26.2. The molecule has 0 spiro atoms. The molecule has 0 bridgehead atoms. The minimum atomic E-state index is -0.499. The average molecular weight is 501 g/mol. The Morgan fingerprint density at radius 2 is 1.73 bits per heavy atom. The lowest BCUT2D eigenvalue weighted by Crippen LogP contribution is -2.50. The maximum absolute atomic E-state index is 12.3. The molecule has 1 saturated heterocycles. The number of non-ortho nitro benzene ring substituents is 1. The van der Waals surface area contributed by atoms with Gasteiger partial charge < -0.3 is 19.0 Å². The molecule has 4 aromatic rings. The standard InChI is InChI=1S/C28H28N4O5/c1-28(2,3)37-27(33)31-13-11-30(12-14-31)22-9-7-19(8-10-22)21-16-25-26(29-17-21)24(18-36-25)20-5-4-6-23(15-20)32(34)35/h4-10,15-18H,11-14H2,1-3H3. The van der Waals surface area contributed by atoms with Gasteiger partial charge in [-0.1, -0.05) is 24.3 Å². The first-order chi connectivity index (χ1) is 17.7. The summed E-state index contributed by atoms with van der Waals surface area (Å²) in [7, 11) is 0.